The first-order valence-corrected chi connectivity index (χ1v) is 12.1. The van der Waals surface area contributed by atoms with Crippen LogP contribution in [0.4, 0.5) is 10.5 Å². The van der Waals surface area contributed by atoms with Crippen molar-refractivity contribution in [2.45, 2.75) is 20.0 Å². The van der Waals surface area contributed by atoms with E-state index in [2.05, 4.69) is 9.69 Å². The second kappa shape index (κ2) is 10.9. The molecule has 0 unspecified atom stereocenters. The molecule has 1 heterocycles. The highest BCUT2D eigenvalue weighted by Crippen LogP contribution is 2.36. The second-order valence-electron chi connectivity index (χ2n) is 7.72. The van der Waals surface area contributed by atoms with Crippen LogP contribution in [0.5, 0.6) is 0 Å². The summed E-state index contributed by atoms with van der Waals surface area (Å²) < 4.78 is 9.73. The number of anilines is 1. The Morgan fingerprint density at radius 2 is 1.63 bits per heavy atom. The molecular weight excluding hydrogens is 507 g/mol. The highest BCUT2D eigenvalue weighted by Gasteiger charge is 2.17. The molecule has 1 amide bonds. The van der Waals surface area contributed by atoms with Crippen molar-refractivity contribution < 1.29 is 19.4 Å². The van der Waals surface area contributed by atoms with Gasteiger partial charge in [-0.25, -0.2) is 4.79 Å². The minimum atomic E-state index is -0.930. The summed E-state index contributed by atoms with van der Waals surface area (Å²) in [5.41, 5.74) is 5.24. The lowest BCUT2D eigenvalue weighted by Gasteiger charge is -2.10. The molecule has 9 heteroatoms. The van der Waals surface area contributed by atoms with Crippen LogP contribution in [0.25, 0.3) is 21.6 Å². The molecule has 35 heavy (non-hydrogen) atoms. The molecule has 1 aromatic heterocycles. The van der Waals surface area contributed by atoms with Crippen LogP contribution in [0.15, 0.2) is 66.7 Å². The summed E-state index contributed by atoms with van der Waals surface area (Å²) in [6.45, 7) is 1.87. The van der Waals surface area contributed by atoms with Crippen molar-refractivity contribution in [3.8, 4) is 21.6 Å². The molecular formula is C26H20Cl2N2O4S. The average Bonchev–Trinajstić information content (AvgIpc) is 3.19. The van der Waals surface area contributed by atoms with Gasteiger partial charge in [0.1, 0.15) is 6.61 Å². The Labute approximate surface area is 216 Å². The van der Waals surface area contributed by atoms with Gasteiger partial charge in [-0.3, -0.25) is 10.1 Å². The van der Waals surface area contributed by atoms with Gasteiger partial charge in [-0.15, -0.1) is 0 Å². The molecule has 0 saturated carbocycles. The van der Waals surface area contributed by atoms with Gasteiger partial charge >= 0.3 is 12.1 Å². The molecule has 0 spiro atoms. The van der Waals surface area contributed by atoms with Gasteiger partial charge in [0.15, 0.2) is 0 Å². The third-order valence-corrected chi connectivity index (χ3v) is 6.99. The van der Waals surface area contributed by atoms with Crippen LogP contribution in [-0.4, -0.2) is 21.5 Å². The lowest BCUT2D eigenvalue weighted by atomic mass is 10.0. The Hall–Kier alpha value is -3.39. The summed E-state index contributed by atoms with van der Waals surface area (Å²) in [7, 11) is 0. The number of halogens is 2. The van der Waals surface area contributed by atoms with E-state index in [0.717, 1.165) is 27.1 Å². The standard InChI is InChI=1S/C26H20Cl2N2O4S/c1-15-24(29-26(33)34-14-20-4-2-3-5-21(20)27)25(35-30-15)17-8-6-16(7-9-17)18-10-11-19(13-23(31)32)22(28)12-18/h2-12H,13-14H2,1H3,(H,29,33)(H,31,32). The first kappa shape index (κ1) is 24.7. The summed E-state index contributed by atoms with van der Waals surface area (Å²) in [5.74, 6) is -0.930. The van der Waals surface area contributed by atoms with Gasteiger partial charge in [0, 0.05) is 15.6 Å². The highest BCUT2D eigenvalue weighted by molar-refractivity contribution is 7.10. The Bertz CT molecular complexity index is 1390. The molecule has 6 nitrogen and oxygen atoms in total. The number of carboxylic acids is 1. The molecule has 178 valence electrons. The molecule has 0 aliphatic rings. The summed E-state index contributed by atoms with van der Waals surface area (Å²) in [4.78, 5) is 24.2. The predicted octanol–water partition coefficient (Wildman–Crippen LogP) is 7.47. The van der Waals surface area contributed by atoms with Gasteiger partial charge in [0.05, 0.1) is 22.7 Å². The van der Waals surface area contributed by atoms with Crippen LogP contribution in [0, 0.1) is 6.92 Å². The number of hydrogen-bond donors (Lipinski definition) is 2. The van der Waals surface area contributed by atoms with Crippen LogP contribution in [-0.2, 0) is 22.6 Å². The topological polar surface area (TPSA) is 88.5 Å². The Kier molecular flexibility index (Phi) is 7.70. The van der Waals surface area contributed by atoms with E-state index >= 15 is 0 Å². The number of carboxylic acid groups (broad SMARTS) is 1. The number of hydrogen-bond acceptors (Lipinski definition) is 5. The maximum absolute atomic E-state index is 12.4. The van der Waals surface area contributed by atoms with E-state index in [1.807, 2.05) is 49.4 Å². The Morgan fingerprint density at radius 1 is 0.943 bits per heavy atom. The summed E-state index contributed by atoms with van der Waals surface area (Å²) in [5, 5.41) is 12.7. The van der Waals surface area contributed by atoms with E-state index in [1.165, 1.54) is 11.5 Å². The number of aryl methyl sites for hydroxylation is 1. The smallest absolute Gasteiger partial charge is 0.412 e. The SMILES string of the molecule is Cc1nsc(-c2ccc(-c3ccc(CC(=O)O)c(Cl)c3)cc2)c1NC(=O)OCc1ccccc1Cl. The molecule has 0 atom stereocenters. The molecule has 0 radical (unpaired) electrons. The van der Waals surface area contributed by atoms with Gasteiger partial charge in [0.2, 0.25) is 0 Å². The minimum Gasteiger partial charge on any atom is -0.481 e. The van der Waals surface area contributed by atoms with E-state index in [9.17, 15) is 9.59 Å². The number of nitrogens with one attached hydrogen (secondary N) is 1. The molecule has 0 aliphatic carbocycles. The quantitative estimate of drug-likeness (QED) is 0.260. The number of amides is 1. The van der Waals surface area contributed by atoms with Crippen molar-refractivity contribution in [2.24, 2.45) is 0 Å². The zero-order valence-corrected chi connectivity index (χ0v) is 20.9. The molecule has 4 rings (SSSR count). The number of benzene rings is 3. The number of nitrogens with zero attached hydrogens (tertiary/aromatic N) is 1. The van der Waals surface area contributed by atoms with E-state index in [0.29, 0.717) is 27.0 Å². The lowest BCUT2D eigenvalue weighted by molar-refractivity contribution is -0.136. The fourth-order valence-corrected chi connectivity index (χ4v) is 4.75. The number of aliphatic carboxylic acids is 1. The van der Waals surface area contributed by atoms with Gasteiger partial charge in [-0.2, -0.15) is 4.37 Å². The number of rotatable bonds is 7. The monoisotopic (exact) mass is 526 g/mol. The van der Waals surface area contributed by atoms with Crippen molar-refractivity contribution in [3.63, 3.8) is 0 Å². The van der Waals surface area contributed by atoms with Gasteiger partial charge in [0.25, 0.3) is 0 Å². The predicted molar refractivity (Wildman–Crippen MR) is 139 cm³/mol. The normalized spacial score (nSPS) is 10.7. The van der Waals surface area contributed by atoms with E-state index < -0.39 is 12.1 Å². The highest BCUT2D eigenvalue weighted by atomic mass is 35.5. The second-order valence-corrected chi connectivity index (χ2v) is 9.31. The third-order valence-electron chi connectivity index (χ3n) is 5.28. The first-order valence-electron chi connectivity index (χ1n) is 10.6. The lowest BCUT2D eigenvalue weighted by Crippen LogP contribution is -2.14. The van der Waals surface area contributed by atoms with E-state index in [-0.39, 0.29) is 13.0 Å². The Morgan fingerprint density at radius 3 is 2.31 bits per heavy atom. The number of carbonyl (C=O) groups excluding carboxylic acids is 1. The molecule has 0 aliphatic heterocycles. The van der Waals surface area contributed by atoms with Crippen molar-refractivity contribution in [1.82, 2.24) is 4.37 Å². The first-order chi connectivity index (χ1) is 16.8. The number of aromatic nitrogens is 1. The molecule has 4 aromatic rings. The van der Waals surface area contributed by atoms with Crippen molar-refractivity contribution in [2.75, 3.05) is 5.32 Å². The van der Waals surface area contributed by atoms with Gasteiger partial charge in [-0.1, -0.05) is 77.8 Å². The van der Waals surface area contributed by atoms with E-state index in [4.69, 9.17) is 33.0 Å². The summed E-state index contributed by atoms with van der Waals surface area (Å²) in [6.07, 6.45) is -0.721. The zero-order chi connectivity index (χ0) is 24.9. The van der Waals surface area contributed by atoms with Crippen LogP contribution < -0.4 is 5.32 Å². The maximum atomic E-state index is 12.4. The van der Waals surface area contributed by atoms with Crippen molar-refractivity contribution in [1.29, 1.82) is 0 Å². The molecule has 3 aromatic carbocycles. The van der Waals surface area contributed by atoms with Crippen molar-refractivity contribution >= 4 is 52.5 Å². The van der Waals surface area contributed by atoms with E-state index in [1.54, 1.807) is 24.3 Å². The Balaban J connectivity index is 1.48. The number of carbonyl (C=O) groups is 2. The molecule has 2 N–H and O–H groups in total. The third kappa shape index (κ3) is 6.00. The maximum Gasteiger partial charge on any atom is 0.412 e. The van der Waals surface area contributed by atoms with Crippen molar-refractivity contribution in [3.05, 3.63) is 93.6 Å². The number of ether oxygens (including phenoxy) is 1. The van der Waals surface area contributed by atoms with Crippen LogP contribution >= 0.6 is 34.7 Å². The van der Waals surface area contributed by atoms with Gasteiger partial charge < -0.3 is 9.84 Å². The summed E-state index contributed by atoms with van der Waals surface area (Å²) >= 11 is 13.7. The van der Waals surface area contributed by atoms with Crippen LogP contribution in [0.2, 0.25) is 10.0 Å². The van der Waals surface area contributed by atoms with Crippen LogP contribution in [0.3, 0.4) is 0 Å². The fourth-order valence-electron chi connectivity index (χ4n) is 3.46. The molecule has 0 fully saturated rings. The molecule has 0 bridgehead atoms. The minimum absolute atomic E-state index is 0.0555. The van der Waals surface area contributed by atoms with Gasteiger partial charge in [-0.05, 0) is 52.8 Å². The summed E-state index contributed by atoms with van der Waals surface area (Å²) in [6, 6.07) is 20.2. The van der Waals surface area contributed by atoms with Crippen LogP contribution in [0.1, 0.15) is 16.8 Å². The molecule has 0 saturated heterocycles. The fraction of sp³-hybridized carbons (Fsp3) is 0.115. The average molecular weight is 527 g/mol. The largest absolute Gasteiger partial charge is 0.481 e. The zero-order valence-electron chi connectivity index (χ0n) is 18.5.